The first-order valence-corrected chi connectivity index (χ1v) is 9.78. The normalized spacial score (nSPS) is 12.5. The number of aryl methyl sites for hydroxylation is 2. The third-order valence-corrected chi connectivity index (χ3v) is 5.50. The zero-order chi connectivity index (χ0) is 19.3. The van der Waals surface area contributed by atoms with Crippen LogP contribution >= 0.6 is 23.2 Å². The second kappa shape index (κ2) is 6.77. The van der Waals surface area contributed by atoms with Crippen LogP contribution < -0.4 is 0 Å². The Morgan fingerprint density at radius 1 is 0.857 bits per heavy atom. The maximum Gasteiger partial charge on any atom is 0.123 e. The zero-order valence-electron chi connectivity index (χ0n) is 14.8. The van der Waals surface area contributed by atoms with Gasteiger partial charge in [0.25, 0.3) is 0 Å². The van der Waals surface area contributed by atoms with Crippen molar-refractivity contribution in [2.24, 2.45) is 0 Å². The maximum absolute atomic E-state index is 14.1. The molecular weight excluding hydrogens is 394 g/mol. The molecule has 5 rings (SSSR count). The minimum atomic E-state index is -0.285. The summed E-state index contributed by atoms with van der Waals surface area (Å²) in [5, 5.41) is 5.94. The molecular formula is C23H15Cl2FN2. The molecule has 5 heteroatoms. The van der Waals surface area contributed by atoms with Gasteiger partial charge in [0.1, 0.15) is 5.82 Å². The molecule has 3 aromatic carbocycles. The van der Waals surface area contributed by atoms with Crippen molar-refractivity contribution >= 4 is 23.2 Å². The fourth-order valence-electron chi connectivity index (χ4n) is 3.91. The summed E-state index contributed by atoms with van der Waals surface area (Å²) in [5.41, 5.74) is 6.82. The van der Waals surface area contributed by atoms with Crippen LogP contribution in [0.5, 0.6) is 0 Å². The summed E-state index contributed by atoms with van der Waals surface area (Å²) in [7, 11) is 0. The highest BCUT2D eigenvalue weighted by atomic mass is 35.5. The molecule has 0 aliphatic heterocycles. The van der Waals surface area contributed by atoms with E-state index in [0.717, 1.165) is 46.6 Å². The van der Waals surface area contributed by atoms with Gasteiger partial charge in [-0.15, -0.1) is 0 Å². The lowest BCUT2D eigenvalue weighted by Gasteiger charge is -2.17. The van der Waals surface area contributed by atoms with E-state index >= 15 is 0 Å². The third kappa shape index (κ3) is 2.92. The number of hydrogen-bond acceptors (Lipinski definition) is 1. The van der Waals surface area contributed by atoms with Gasteiger partial charge in [-0.3, -0.25) is 0 Å². The summed E-state index contributed by atoms with van der Waals surface area (Å²) >= 11 is 12.5. The van der Waals surface area contributed by atoms with Crippen molar-refractivity contribution in [3.8, 4) is 28.1 Å². The van der Waals surface area contributed by atoms with E-state index in [0.29, 0.717) is 10.0 Å². The highest BCUT2D eigenvalue weighted by Gasteiger charge is 2.26. The Balaban J connectivity index is 1.85. The second-order valence-electron chi connectivity index (χ2n) is 6.88. The summed E-state index contributed by atoms with van der Waals surface area (Å²) in [6.45, 7) is 0. The van der Waals surface area contributed by atoms with E-state index in [1.165, 1.54) is 17.7 Å². The van der Waals surface area contributed by atoms with Gasteiger partial charge in [0.05, 0.1) is 17.1 Å². The Labute approximate surface area is 172 Å². The molecule has 0 fully saturated rings. The molecule has 1 aliphatic carbocycles. The molecule has 0 radical (unpaired) electrons. The lowest BCUT2D eigenvalue weighted by molar-refractivity contribution is 0.628. The van der Waals surface area contributed by atoms with Crippen molar-refractivity contribution < 1.29 is 4.39 Å². The predicted molar refractivity (Wildman–Crippen MR) is 112 cm³/mol. The van der Waals surface area contributed by atoms with Gasteiger partial charge < -0.3 is 0 Å². The van der Waals surface area contributed by atoms with Gasteiger partial charge in [-0.25, -0.2) is 9.07 Å². The Bertz CT molecular complexity index is 1190. The molecule has 0 saturated carbocycles. The Morgan fingerprint density at radius 3 is 2.43 bits per heavy atom. The quantitative estimate of drug-likeness (QED) is 0.358. The van der Waals surface area contributed by atoms with Gasteiger partial charge in [-0.05, 0) is 54.3 Å². The Hall–Kier alpha value is -2.62. The monoisotopic (exact) mass is 408 g/mol. The smallest absolute Gasteiger partial charge is 0.123 e. The van der Waals surface area contributed by atoms with Gasteiger partial charge in [0, 0.05) is 21.2 Å². The first-order valence-electron chi connectivity index (χ1n) is 9.03. The van der Waals surface area contributed by atoms with Crippen LogP contribution in [0.4, 0.5) is 4.39 Å². The van der Waals surface area contributed by atoms with E-state index in [1.807, 2.05) is 35.0 Å². The summed E-state index contributed by atoms with van der Waals surface area (Å²) in [4.78, 5) is 0. The predicted octanol–water partition coefficient (Wildman–Crippen LogP) is 6.75. The van der Waals surface area contributed by atoms with E-state index in [4.69, 9.17) is 28.3 Å². The molecule has 0 bridgehead atoms. The average molecular weight is 409 g/mol. The van der Waals surface area contributed by atoms with Crippen LogP contribution in [-0.4, -0.2) is 9.78 Å². The lowest BCUT2D eigenvalue weighted by Crippen LogP contribution is -2.03. The van der Waals surface area contributed by atoms with Crippen LogP contribution in [0, 0.1) is 5.82 Å². The number of benzene rings is 3. The minimum absolute atomic E-state index is 0.285. The summed E-state index contributed by atoms with van der Waals surface area (Å²) in [5.74, 6) is -0.285. The summed E-state index contributed by atoms with van der Waals surface area (Å²) < 4.78 is 15.9. The lowest BCUT2D eigenvalue weighted by atomic mass is 9.87. The number of nitrogens with zero attached hydrogens (tertiary/aromatic N) is 2. The molecule has 0 amide bonds. The van der Waals surface area contributed by atoms with Crippen molar-refractivity contribution in [3.05, 3.63) is 93.8 Å². The van der Waals surface area contributed by atoms with Crippen molar-refractivity contribution in [3.63, 3.8) is 0 Å². The topological polar surface area (TPSA) is 17.8 Å². The van der Waals surface area contributed by atoms with Gasteiger partial charge in [0.15, 0.2) is 0 Å². The Kier molecular flexibility index (Phi) is 4.22. The van der Waals surface area contributed by atoms with Gasteiger partial charge in [-0.2, -0.15) is 5.10 Å². The van der Waals surface area contributed by atoms with E-state index in [9.17, 15) is 4.39 Å². The zero-order valence-corrected chi connectivity index (χ0v) is 16.3. The average Bonchev–Trinajstić information content (AvgIpc) is 3.07. The van der Waals surface area contributed by atoms with Gasteiger partial charge >= 0.3 is 0 Å². The third-order valence-electron chi connectivity index (χ3n) is 5.07. The molecule has 1 aliphatic rings. The van der Waals surface area contributed by atoms with Crippen molar-refractivity contribution in [1.29, 1.82) is 0 Å². The summed E-state index contributed by atoms with van der Waals surface area (Å²) in [6, 6.07) is 20.2. The molecule has 0 spiro atoms. The highest BCUT2D eigenvalue weighted by molar-refractivity contribution is 6.34. The molecule has 0 saturated heterocycles. The molecule has 0 atom stereocenters. The van der Waals surface area contributed by atoms with Crippen molar-refractivity contribution in [1.82, 2.24) is 9.78 Å². The first kappa shape index (κ1) is 17.5. The minimum Gasteiger partial charge on any atom is -0.232 e. The van der Waals surface area contributed by atoms with Crippen LogP contribution in [0.25, 0.3) is 28.1 Å². The van der Waals surface area contributed by atoms with Crippen LogP contribution in [0.1, 0.15) is 11.3 Å². The number of rotatable bonds is 2. The van der Waals surface area contributed by atoms with Crippen LogP contribution in [0.2, 0.25) is 10.0 Å². The van der Waals surface area contributed by atoms with E-state index in [-0.39, 0.29) is 5.82 Å². The maximum atomic E-state index is 14.1. The van der Waals surface area contributed by atoms with E-state index in [1.54, 1.807) is 12.1 Å². The number of halogens is 3. The molecule has 4 aromatic rings. The first-order chi connectivity index (χ1) is 13.6. The molecule has 1 heterocycles. The number of hydrogen-bond donors (Lipinski definition) is 0. The Morgan fingerprint density at radius 2 is 1.64 bits per heavy atom. The molecule has 0 N–H and O–H groups in total. The fourth-order valence-corrected chi connectivity index (χ4v) is 4.42. The number of fused-ring (bicyclic) bond motifs is 3. The SMILES string of the molecule is Fc1cccc(-c2c3c(nn2-c2cc(Cl)cc(Cl)c2)CCc2ccccc2-3)c1. The van der Waals surface area contributed by atoms with Crippen LogP contribution in [-0.2, 0) is 12.8 Å². The molecule has 0 unspecified atom stereocenters. The number of aromatic nitrogens is 2. The fraction of sp³-hybridized carbons (Fsp3) is 0.0870. The second-order valence-corrected chi connectivity index (χ2v) is 7.75. The van der Waals surface area contributed by atoms with E-state index in [2.05, 4.69) is 12.1 Å². The van der Waals surface area contributed by atoms with Crippen LogP contribution in [0.3, 0.4) is 0 Å². The molecule has 138 valence electrons. The summed E-state index contributed by atoms with van der Waals surface area (Å²) in [6.07, 6.45) is 1.76. The van der Waals surface area contributed by atoms with Crippen LogP contribution in [0.15, 0.2) is 66.7 Å². The molecule has 28 heavy (non-hydrogen) atoms. The van der Waals surface area contributed by atoms with Gasteiger partial charge in [0.2, 0.25) is 0 Å². The van der Waals surface area contributed by atoms with Crippen molar-refractivity contribution in [2.45, 2.75) is 12.8 Å². The standard InChI is InChI=1S/C23H15Cl2FN2/c24-16-11-17(25)13-19(12-16)28-23(15-5-3-6-18(26)10-15)22-20-7-2-1-4-14(20)8-9-21(22)27-28/h1-7,10-13H,8-9H2. The highest BCUT2D eigenvalue weighted by Crippen LogP contribution is 2.42. The largest absolute Gasteiger partial charge is 0.232 e. The van der Waals surface area contributed by atoms with Gasteiger partial charge in [-0.1, -0.05) is 59.6 Å². The molecule has 2 nitrogen and oxygen atoms in total. The van der Waals surface area contributed by atoms with E-state index < -0.39 is 0 Å². The molecule has 1 aromatic heterocycles. The van der Waals surface area contributed by atoms with Crippen molar-refractivity contribution in [2.75, 3.05) is 0 Å².